The summed E-state index contributed by atoms with van der Waals surface area (Å²) in [4.78, 5) is 12.5. The summed E-state index contributed by atoms with van der Waals surface area (Å²) < 4.78 is 22.8. The van der Waals surface area contributed by atoms with E-state index in [0.29, 0.717) is 24.2 Å². The van der Waals surface area contributed by atoms with E-state index in [9.17, 15) is 4.79 Å². The lowest BCUT2D eigenvalue weighted by Gasteiger charge is -2.15. The maximum Gasteiger partial charge on any atom is 0.342 e. The lowest BCUT2D eigenvalue weighted by Crippen LogP contribution is -2.17. The molecule has 0 heterocycles. The molecule has 0 aliphatic heterocycles. The van der Waals surface area contributed by atoms with Crippen LogP contribution in [0.15, 0.2) is 41.0 Å². The third-order valence-corrected chi connectivity index (χ3v) is 3.77. The topological polar surface area (TPSA) is 54.0 Å². The summed E-state index contributed by atoms with van der Waals surface area (Å²) in [6, 6.07) is 5.50. The van der Waals surface area contributed by atoms with Crippen molar-refractivity contribution >= 4 is 28.6 Å². The van der Waals surface area contributed by atoms with Crippen molar-refractivity contribution in [3.05, 3.63) is 52.1 Å². The van der Waals surface area contributed by atoms with E-state index >= 15 is 0 Å². The number of carbonyl (C=O) groups excluding carboxylic acids is 1. The molecule has 1 atom stereocenters. The highest BCUT2D eigenvalue weighted by molar-refractivity contribution is 14.1. The number of hydrogen-bond acceptors (Lipinski definition) is 5. The lowest BCUT2D eigenvalue weighted by molar-refractivity contribution is -0.0614. The van der Waals surface area contributed by atoms with Gasteiger partial charge in [-0.15, -0.1) is 6.58 Å². The second-order valence-electron chi connectivity index (χ2n) is 4.83. The van der Waals surface area contributed by atoms with Crippen LogP contribution in [-0.2, 0) is 20.6 Å². The molecule has 6 heteroatoms. The van der Waals surface area contributed by atoms with Crippen LogP contribution < -0.4 is 4.74 Å². The second kappa shape index (κ2) is 12.0. The molecular weight excluding hydrogens is 423 g/mol. The van der Waals surface area contributed by atoms with Gasteiger partial charge >= 0.3 is 5.97 Å². The number of ether oxygens (including phenoxy) is 4. The van der Waals surface area contributed by atoms with Crippen molar-refractivity contribution in [2.75, 3.05) is 27.6 Å². The van der Waals surface area contributed by atoms with E-state index in [0.717, 1.165) is 5.56 Å². The maximum absolute atomic E-state index is 12.5. The van der Waals surface area contributed by atoms with E-state index in [1.54, 1.807) is 19.3 Å². The standard InChI is InChI=1S/C18H23IO5/c1-4-15(24-13-21-2)10-12-23-18(20)17-14(8-6-11-19)7-5-9-16(17)22-3/h4-7,9,11,15H,1,8,10,12-13H2,2-3H3/b11-6+. The summed E-state index contributed by atoms with van der Waals surface area (Å²) in [7, 11) is 3.09. The molecule has 0 aromatic heterocycles. The first-order chi connectivity index (χ1) is 11.7. The molecule has 0 saturated heterocycles. The van der Waals surface area contributed by atoms with Crippen molar-refractivity contribution in [3.63, 3.8) is 0 Å². The molecule has 0 saturated carbocycles. The smallest absolute Gasteiger partial charge is 0.342 e. The fourth-order valence-corrected chi connectivity index (χ4v) is 2.34. The zero-order chi connectivity index (χ0) is 17.8. The van der Waals surface area contributed by atoms with Crippen LogP contribution in [0, 0.1) is 0 Å². The summed E-state index contributed by atoms with van der Waals surface area (Å²) in [6.45, 7) is 4.09. The average Bonchev–Trinajstić information content (AvgIpc) is 2.62. The van der Waals surface area contributed by atoms with Crippen LogP contribution in [0.3, 0.4) is 0 Å². The van der Waals surface area contributed by atoms with Crippen LogP contribution in [0.1, 0.15) is 22.3 Å². The van der Waals surface area contributed by atoms with Crippen molar-refractivity contribution in [1.29, 1.82) is 0 Å². The van der Waals surface area contributed by atoms with Crippen molar-refractivity contribution in [3.8, 4) is 5.75 Å². The minimum atomic E-state index is -0.404. The first-order valence-corrected chi connectivity index (χ1v) is 8.73. The molecule has 24 heavy (non-hydrogen) atoms. The Morgan fingerprint density at radius 1 is 1.38 bits per heavy atom. The molecule has 1 unspecified atom stereocenters. The molecule has 5 nitrogen and oxygen atoms in total. The van der Waals surface area contributed by atoms with Crippen molar-refractivity contribution in [2.45, 2.75) is 18.9 Å². The van der Waals surface area contributed by atoms with Crippen molar-refractivity contribution in [2.24, 2.45) is 0 Å². The maximum atomic E-state index is 12.5. The monoisotopic (exact) mass is 446 g/mol. The van der Waals surface area contributed by atoms with Crippen LogP contribution in [0.5, 0.6) is 5.75 Å². The Bertz CT molecular complexity index is 556. The van der Waals surface area contributed by atoms with E-state index in [-0.39, 0.29) is 19.5 Å². The van der Waals surface area contributed by atoms with Gasteiger partial charge in [0.25, 0.3) is 0 Å². The highest BCUT2D eigenvalue weighted by atomic mass is 127. The van der Waals surface area contributed by atoms with E-state index in [2.05, 4.69) is 29.2 Å². The number of allylic oxidation sites excluding steroid dienone is 1. The quantitative estimate of drug-likeness (QED) is 0.223. The normalized spacial score (nSPS) is 12.1. The largest absolute Gasteiger partial charge is 0.496 e. The average molecular weight is 446 g/mol. The zero-order valence-electron chi connectivity index (χ0n) is 14.0. The summed E-state index contributed by atoms with van der Waals surface area (Å²) >= 11 is 2.14. The molecule has 1 aromatic carbocycles. The number of esters is 1. The van der Waals surface area contributed by atoms with E-state index < -0.39 is 5.97 Å². The number of carbonyl (C=O) groups is 1. The molecule has 0 N–H and O–H groups in total. The van der Waals surface area contributed by atoms with E-state index in [4.69, 9.17) is 18.9 Å². The second-order valence-corrected chi connectivity index (χ2v) is 5.55. The Balaban J connectivity index is 2.74. The van der Waals surface area contributed by atoms with Gasteiger partial charge in [0.1, 0.15) is 18.1 Å². The number of rotatable bonds is 11. The molecule has 132 valence electrons. The first-order valence-electron chi connectivity index (χ1n) is 7.49. The van der Waals surface area contributed by atoms with Gasteiger partial charge in [-0.25, -0.2) is 4.79 Å². The first kappa shape index (κ1) is 20.7. The number of benzene rings is 1. The molecule has 0 spiro atoms. The number of hydrogen-bond donors (Lipinski definition) is 0. The fraction of sp³-hybridized carbons (Fsp3) is 0.389. The third kappa shape index (κ3) is 6.62. The highest BCUT2D eigenvalue weighted by Crippen LogP contribution is 2.24. The minimum absolute atomic E-state index is 0.171. The lowest BCUT2D eigenvalue weighted by atomic mass is 10.0. The van der Waals surface area contributed by atoms with E-state index in [1.165, 1.54) is 7.11 Å². The molecule has 0 radical (unpaired) electrons. The van der Waals surface area contributed by atoms with Gasteiger partial charge in [-0.3, -0.25) is 0 Å². The minimum Gasteiger partial charge on any atom is -0.496 e. The predicted octanol–water partition coefficient (Wildman–Crippen LogP) is 3.91. The third-order valence-electron chi connectivity index (χ3n) is 3.26. The molecule has 1 rings (SSSR count). The zero-order valence-corrected chi connectivity index (χ0v) is 16.2. The SMILES string of the molecule is C=CC(CCOC(=O)c1c(C/C=C/I)cccc1OC)OCOC. The van der Waals surface area contributed by atoms with Gasteiger partial charge in [0.15, 0.2) is 0 Å². The number of methoxy groups -OCH3 is 2. The molecular formula is C18H23IO5. The molecule has 0 amide bonds. The number of halogens is 1. The molecule has 0 fully saturated rings. The summed E-state index contributed by atoms with van der Waals surface area (Å²) in [5.41, 5.74) is 1.32. The van der Waals surface area contributed by atoms with E-state index in [1.807, 2.05) is 22.3 Å². The summed E-state index contributed by atoms with van der Waals surface area (Å²) in [5.74, 6) is 0.106. The van der Waals surface area contributed by atoms with Crippen LogP contribution >= 0.6 is 22.6 Å². The van der Waals surface area contributed by atoms with Gasteiger partial charge in [-0.1, -0.05) is 46.9 Å². The van der Waals surface area contributed by atoms with Gasteiger partial charge in [0, 0.05) is 13.5 Å². The van der Waals surface area contributed by atoms with Gasteiger partial charge < -0.3 is 18.9 Å². The Labute approximate surface area is 156 Å². The van der Waals surface area contributed by atoms with Crippen molar-refractivity contribution < 1.29 is 23.7 Å². The molecule has 0 aliphatic rings. The highest BCUT2D eigenvalue weighted by Gasteiger charge is 2.18. The molecule has 1 aromatic rings. The Hall–Kier alpha value is -1.38. The predicted molar refractivity (Wildman–Crippen MR) is 102 cm³/mol. The van der Waals surface area contributed by atoms with Gasteiger partial charge in [-0.2, -0.15) is 0 Å². The molecule has 0 bridgehead atoms. The van der Waals surface area contributed by atoms with Crippen molar-refractivity contribution in [1.82, 2.24) is 0 Å². The van der Waals surface area contributed by atoms with Gasteiger partial charge in [-0.05, 0) is 22.1 Å². The summed E-state index contributed by atoms with van der Waals surface area (Å²) in [5, 5.41) is 0. The van der Waals surface area contributed by atoms with Crippen LogP contribution in [-0.4, -0.2) is 39.7 Å². The fourth-order valence-electron chi connectivity index (χ4n) is 2.08. The Kier molecular flexibility index (Phi) is 10.4. The van der Waals surface area contributed by atoms with Crippen LogP contribution in [0.2, 0.25) is 0 Å². The van der Waals surface area contributed by atoms with Crippen LogP contribution in [0.4, 0.5) is 0 Å². The Morgan fingerprint density at radius 3 is 2.79 bits per heavy atom. The summed E-state index contributed by atoms with van der Waals surface area (Å²) in [6.07, 6.45) is 4.55. The van der Waals surface area contributed by atoms with Crippen LogP contribution in [0.25, 0.3) is 0 Å². The Morgan fingerprint density at radius 2 is 2.17 bits per heavy atom. The van der Waals surface area contributed by atoms with Gasteiger partial charge in [0.2, 0.25) is 0 Å². The molecule has 0 aliphatic carbocycles. The van der Waals surface area contributed by atoms with Gasteiger partial charge in [0.05, 0.1) is 19.8 Å².